The first-order chi connectivity index (χ1) is 14.0. The van der Waals surface area contributed by atoms with E-state index in [0.717, 1.165) is 59.0 Å². The molecule has 3 aromatic rings. The molecule has 0 unspecified atom stereocenters. The van der Waals surface area contributed by atoms with Crippen molar-refractivity contribution in [3.05, 3.63) is 70.0 Å². The molecule has 8 heteroatoms. The summed E-state index contributed by atoms with van der Waals surface area (Å²) in [6.07, 6.45) is 2.38. The summed E-state index contributed by atoms with van der Waals surface area (Å²) in [6, 6.07) is 9.21. The zero-order valence-electron chi connectivity index (χ0n) is 15.3. The highest BCUT2D eigenvalue weighted by molar-refractivity contribution is 7.99. The minimum atomic E-state index is -0.936. The van der Waals surface area contributed by atoms with Gasteiger partial charge in [0.15, 0.2) is 17.3 Å². The van der Waals surface area contributed by atoms with E-state index in [1.807, 2.05) is 12.1 Å². The van der Waals surface area contributed by atoms with Gasteiger partial charge < -0.3 is 4.90 Å². The first kappa shape index (κ1) is 18.6. The minimum Gasteiger partial charge on any atom is -0.305 e. The Balaban J connectivity index is 1.59. The normalized spacial score (nSPS) is 15.3. The topological polar surface area (TPSA) is 38.1 Å². The van der Waals surface area contributed by atoms with Crippen LogP contribution in [0.25, 0.3) is 5.69 Å². The zero-order chi connectivity index (χ0) is 20.1. The van der Waals surface area contributed by atoms with Crippen LogP contribution >= 0.6 is 23.4 Å². The molecule has 0 saturated carbocycles. The summed E-state index contributed by atoms with van der Waals surface area (Å²) in [5, 5.41) is 5.11. The summed E-state index contributed by atoms with van der Waals surface area (Å²) >= 11 is 7.85. The van der Waals surface area contributed by atoms with Gasteiger partial charge in [-0.1, -0.05) is 11.6 Å². The summed E-state index contributed by atoms with van der Waals surface area (Å²) < 4.78 is 28.7. The Kier molecular flexibility index (Phi) is 4.59. The highest BCUT2D eigenvalue weighted by Gasteiger charge is 2.32. The maximum absolute atomic E-state index is 13.8. The number of carbonyl (C=O) groups excluding carboxylic acids is 1. The van der Waals surface area contributed by atoms with E-state index in [0.29, 0.717) is 22.9 Å². The lowest BCUT2D eigenvalue weighted by molar-refractivity contribution is 0.0981. The first-order valence-corrected chi connectivity index (χ1v) is 10.7. The molecular weight excluding hydrogens is 416 g/mol. The molecule has 1 aliphatic heterocycles. The van der Waals surface area contributed by atoms with Crippen LogP contribution in [0.2, 0.25) is 5.02 Å². The number of hydrogen-bond acceptors (Lipinski definition) is 3. The summed E-state index contributed by atoms with van der Waals surface area (Å²) in [6.45, 7) is 0.559. The number of thioether (sulfide) groups is 1. The van der Waals surface area contributed by atoms with Crippen molar-refractivity contribution in [2.45, 2.75) is 24.2 Å². The zero-order valence-corrected chi connectivity index (χ0v) is 16.9. The van der Waals surface area contributed by atoms with Crippen molar-refractivity contribution >= 4 is 35.0 Å². The molecule has 1 aromatic heterocycles. The molecule has 5 rings (SSSR count). The molecule has 0 spiro atoms. The second-order valence-electron chi connectivity index (χ2n) is 7.05. The van der Waals surface area contributed by atoms with Crippen LogP contribution in [-0.4, -0.2) is 28.0 Å². The molecule has 0 bridgehead atoms. The van der Waals surface area contributed by atoms with Crippen LogP contribution in [0.4, 0.5) is 14.5 Å². The molecule has 2 heterocycles. The number of anilines is 1. The molecule has 1 aliphatic carbocycles. The van der Waals surface area contributed by atoms with Gasteiger partial charge in [-0.15, -0.1) is 11.8 Å². The molecule has 0 atom stereocenters. The number of benzene rings is 2. The minimum absolute atomic E-state index is 0.187. The third kappa shape index (κ3) is 3.13. The van der Waals surface area contributed by atoms with E-state index >= 15 is 0 Å². The van der Waals surface area contributed by atoms with Crippen LogP contribution in [0, 0.1) is 11.6 Å². The Bertz CT molecular complexity index is 1150. The van der Waals surface area contributed by atoms with Crippen LogP contribution in [0.5, 0.6) is 0 Å². The molecule has 0 saturated heterocycles. The van der Waals surface area contributed by atoms with Gasteiger partial charge in [-0.05, 0) is 49.6 Å². The highest BCUT2D eigenvalue weighted by Crippen LogP contribution is 2.38. The maximum Gasteiger partial charge on any atom is 0.279 e. The van der Waals surface area contributed by atoms with Crippen molar-refractivity contribution in [2.24, 2.45) is 0 Å². The van der Waals surface area contributed by atoms with Gasteiger partial charge in [-0.25, -0.2) is 13.5 Å². The number of amides is 1. The second-order valence-corrected chi connectivity index (χ2v) is 8.63. The Morgan fingerprint density at radius 3 is 2.79 bits per heavy atom. The van der Waals surface area contributed by atoms with E-state index in [1.165, 1.54) is 6.07 Å². The van der Waals surface area contributed by atoms with Crippen LogP contribution in [0.1, 0.15) is 28.2 Å². The van der Waals surface area contributed by atoms with E-state index in [-0.39, 0.29) is 5.91 Å². The average Bonchev–Trinajstić information content (AvgIpc) is 3.32. The third-order valence-corrected chi connectivity index (χ3v) is 6.59. The van der Waals surface area contributed by atoms with Gasteiger partial charge in [-0.2, -0.15) is 5.10 Å². The lowest BCUT2D eigenvalue weighted by Crippen LogP contribution is -2.36. The van der Waals surface area contributed by atoms with Crippen molar-refractivity contribution in [1.82, 2.24) is 9.78 Å². The molecule has 1 amide bonds. The molecule has 0 fully saturated rings. The van der Waals surface area contributed by atoms with Crippen molar-refractivity contribution in [2.75, 3.05) is 17.2 Å². The summed E-state index contributed by atoms with van der Waals surface area (Å²) in [5.41, 5.74) is 3.35. The van der Waals surface area contributed by atoms with Crippen molar-refractivity contribution in [1.29, 1.82) is 0 Å². The van der Waals surface area contributed by atoms with E-state index in [4.69, 9.17) is 11.6 Å². The van der Waals surface area contributed by atoms with E-state index in [9.17, 15) is 13.6 Å². The number of aromatic nitrogens is 2. The molecule has 148 valence electrons. The lowest BCUT2D eigenvalue weighted by atomic mass is 10.1. The molecule has 4 nitrogen and oxygen atoms in total. The molecule has 0 N–H and O–H groups in total. The molecule has 29 heavy (non-hydrogen) atoms. The fourth-order valence-corrected chi connectivity index (χ4v) is 5.11. The number of rotatable bonds is 2. The Labute approximate surface area is 175 Å². The lowest BCUT2D eigenvalue weighted by Gasteiger charge is -2.28. The number of nitrogens with zero attached hydrogens (tertiary/aromatic N) is 3. The maximum atomic E-state index is 13.8. The summed E-state index contributed by atoms with van der Waals surface area (Å²) in [7, 11) is 0. The second kappa shape index (κ2) is 7.15. The number of halogens is 3. The van der Waals surface area contributed by atoms with Crippen LogP contribution < -0.4 is 4.90 Å². The van der Waals surface area contributed by atoms with Crippen molar-refractivity contribution in [3.63, 3.8) is 0 Å². The van der Waals surface area contributed by atoms with Gasteiger partial charge in [0.05, 0.1) is 11.4 Å². The Morgan fingerprint density at radius 2 is 1.97 bits per heavy atom. The quantitative estimate of drug-likeness (QED) is 0.570. The van der Waals surface area contributed by atoms with Gasteiger partial charge in [0, 0.05) is 39.5 Å². The van der Waals surface area contributed by atoms with Crippen LogP contribution in [0.3, 0.4) is 0 Å². The standard InChI is InChI=1S/C21H16ClF2N3OS/c22-12-4-7-19-18(10-12)26(8-9-29-19)21(28)20-14-2-1-3-17(14)27(25-20)13-5-6-15(23)16(24)11-13/h4-7,10-11H,1-3,8-9H2. The van der Waals surface area contributed by atoms with Crippen molar-refractivity contribution in [3.8, 4) is 5.69 Å². The fraction of sp³-hybridized carbons (Fsp3) is 0.238. The summed E-state index contributed by atoms with van der Waals surface area (Å²) in [5.74, 6) is -1.25. The highest BCUT2D eigenvalue weighted by atomic mass is 35.5. The Hall–Kier alpha value is -2.38. The molecule has 2 aromatic carbocycles. The van der Waals surface area contributed by atoms with Gasteiger partial charge in [0.25, 0.3) is 5.91 Å². The average molecular weight is 432 g/mol. The largest absolute Gasteiger partial charge is 0.305 e. The van der Waals surface area contributed by atoms with Gasteiger partial charge in [0.2, 0.25) is 0 Å². The van der Waals surface area contributed by atoms with Crippen LogP contribution in [0.15, 0.2) is 41.3 Å². The monoisotopic (exact) mass is 431 g/mol. The van der Waals surface area contributed by atoms with E-state index in [1.54, 1.807) is 27.4 Å². The van der Waals surface area contributed by atoms with Gasteiger partial charge in [0.1, 0.15) is 0 Å². The predicted octanol–water partition coefficient (Wildman–Crippen LogP) is 5.05. The smallest absolute Gasteiger partial charge is 0.279 e. The van der Waals surface area contributed by atoms with Crippen LogP contribution in [-0.2, 0) is 12.8 Å². The Morgan fingerprint density at radius 1 is 1.10 bits per heavy atom. The number of hydrogen-bond donors (Lipinski definition) is 0. The van der Waals surface area contributed by atoms with E-state index < -0.39 is 11.6 Å². The van der Waals surface area contributed by atoms with E-state index in [2.05, 4.69) is 5.10 Å². The SMILES string of the molecule is O=C(c1nn(-c2ccc(F)c(F)c2)c2c1CCC2)N1CCSc2ccc(Cl)cc21. The molecule has 0 radical (unpaired) electrons. The van der Waals surface area contributed by atoms with Crippen molar-refractivity contribution < 1.29 is 13.6 Å². The van der Waals surface area contributed by atoms with Gasteiger partial charge in [-0.3, -0.25) is 4.79 Å². The third-order valence-electron chi connectivity index (χ3n) is 5.31. The fourth-order valence-electron chi connectivity index (χ4n) is 3.97. The predicted molar refractivity (Wildman–Crippen MR) is 109 cm³/mol. The number of carbonyl (C=O) groups is 1. The molecule has 2 aliphatic rings. The summed E-state index contributed by atoms with van der Waals surface area (Å²) in [4.78, 5) is 16.2. The molecular formula is C21H16ClF2N3OS. The van der Waals surface area contributed by atoms with Gasteiger partial charge >= 0.3 is 0 Å². The first-order valence-electron chi connectivity index (χ1n) is 9.33. The number of fused-ring (bicyclic) bond motifs is 2.